The molecule has 0 aliphatic carbocycles. The minimum absolute atomic E-state index is 0.429. The van der Waals surface area contributed by atoms with Gasteiger partial charge in [0.05, 0.1) is 18.8 Å². The van der Waals surface area contributed by atoms with E-state index in [1.165, 1.54) is 0 Å². The predicted molar refractivity (Wildman–Crippen MR) is 52.0 cm³/mol. The summed E-state index contributed by atoms with van der Waals surface area (Å²) < 4.78 is 1.99. The van der Waals surface area contributed by atoms with Crippen LogP contribution in [0.3, 0.4) is 0 Å². The van der Waals surface area contributed by atoms with E-state index in [4.69, 9.17) is 5.73 Å². The minimum atomic E-state index is -0.443. The SMILES string of the molecule is Cc1nc2n(c1C)CC(C(N)=O)=NC2. The molecule has 5 nitrogen and oxygen atoms in total. The lowest BCUT2D eigenvalue weighted by Gasteiger charge is -2.14. The summed E-state index contributed by atoms with van der Waals surface area (Å²) in [6, 6.07) is 0. The van der Waals surface area contributed by atoms with E-state index in [9.17, 15) is 4.79 Å². The molecule has 0 radical (unpaired) electrons. The first-order valence-electron chi connectivity index (χ1n) is 4.45. The Bertz CT molecular complexity index is 430. The lowest BCUT2D eigenvalue weighted by molar-refractivity contribution is -0.112. The Balaban J connectivity index is 2.40. The lowest BCUT2D eigenvalue weighted by Crippen LogP contribution is -2.31. The first-order valence-corrected chi connectivity index (χ1v) is 4.45. The van der Waals surface area contributed by atoms with Crippen LogP contribution in [0, 0.1) is 13.8 Å². The highest BCUT2D eigenvalue weighted by Crippen LogP contribution is 2.14. The molecule has 74 valence electrons. The maximum absolute atomic E-state index is 10.9. The van der Waals surface area contributed by atoms with Crippen LogP contribution in [0.2, 0.25) is 0 Å². The van der Waals surface area contributed by atoms with Crippen LogP contribution in [0.25, 0.3) is 0 Å². The quantitative estimate of drug-likeness (QED) is 0.677. The van der Waals surface area contributed by atoms with Gasteiger partial charge in [0.15, 0.2) is 0 Å². The van der Waals surface area contributed by atoms with Crippen molar-refractivity contribution in [3.63, 3.8) is 0 Å². The van der Waals surface area contributed by atoms with E-state index in [-0.39, 0.29) is 0 Å². The van der Waals surface area contributed by atoms with Gasteiger partial charge in [-0.25, -0.2) is 4.98 Å². The van der Waals surface area contributed by atoms with Gasteiger partial charge in [-0.1, -0.05) is 0 Å². The van der Waals surface area contributed by atoms with Crippen molar-refractivity contribution >= 4 is 11.6 Å². The summed E-state index contributed by atoms with van der Waals surface area (Å²) in [6.07, 6.45) is 0. The highest BCUT2D eigenvalue weighted by atomic mass is 16.1. The van der Waals surface area contributed by atoms with Crippen molar-refractivity contribution in [3.8, 4) is 0 Å². The minimum Gasteiger partial charge on any atom is -0.365 e. The second-order valence-electron chi connectivity index (χ2n) is 3.41. The second-order valence-corrected chi connectivity index (χ2v) is 3.41. The van der Waals surface area contributed by atoms with E-state index in [1.807, 2.05) is 18.4 Å². The molecule has 0 atom stereocenters. The summed E-state index contributed by atoms with van der Waals surface area (Å²) >= 11 is 0. The van der Waals surface area contributed by atoms with Gasteiger partial charge in [0, 0.05) is 5.69 Å². The topological polar surface area (TPSA) is 73.3 Å². The van der Waals surface area contributed by atoms with Gasteiger partial charge in [0.25, 0.3) is 5.91 Å². The molecule has 1 aliphatic heterocycles. The molecule has 0 spiro atoms. The molecule has 1 aromatic rings. The number of carbonyl (C=O) groups is 1. The van der Waals surface area contributed by atoms with Crippen molar-refractivity contribution in [3.05, 3.63) is 17.2 Å². The van der Waals surface area contributed by atoms with Gasteiger partial charge in [0.2, 0.25) is 0 Å². The molecule has 2 heterocycles. The van der Waals surface area contributed by atoms with E-state index in [0.717, 1.165) is 17.2 Å². The third-order valence-electron chi connectivity index (χ3n) is 2.54. The van der Waals surface area contributed by atoms with Crippen LogP contribution in [0.4, 0.5) is 0 Å². The van der Waals surface area contributed by atoms with Crippen molar-refractivity contribution in [2.45, 2.75) is 26.9 Å². The number of carbonyl (C=O) groups excluding carboxylic acids is 1. The Morgan fingerprint density at radius 3 is 2.86 bits per heavy atom. The van der Waals surface area contributed by atoms with Crippen molar-refractivity contribution in [1.29, 1.82) is 0 Å². The molecule has 0 aromatic carbocycles. The third kappa shape index (κ3) is 1.21. The van der Waals surface area contributed by atoms with Gasteiger partial charge in [-0.3, -0.25) is 9.79 Å². The van der Waals surface area contributed by atoms with Crippen molar-refractivity contribution in [2.75, 3.05) is 0 Å². The number of aliphatic imine (C=N–C) groups is 1. The van der Waals surface area contributed by atoms with Crippen molar-refractivity contribution < 1.29 is 4.79 Å². The summed E-state index contributed by atoms with van der Waals surface area (Å²) in [7, 11) is 0. The Kier molecular flexibility index (Phi) is 1.87. The molecule has 14 heavy (non-hydrogen) atoms. The number of nitrogens with two attached hydrogens (primary N) is 1. The first kappa shape index (κ1) is 8.93. The average Bonchev–Trinajstić information content (AvgIpc) is 2.43. The highest BCUT2D eigenvalue weighted by molar-refractivity contribution is 6.38. The summed E-state index contributed by atoms with van der Waals surface area (Å²) in [5.74, 6) is 0.464. The fourth-order valence-corrected chi connectivity index (χ4v) is 1.58. The number of nitrogens with zero attached hydrogens (tertiary/aromatic N) is 3. The molecule has 0 saturated heterocycles. The number of hydrogen-bond donors (Lipinski definition) is 1. The molecule has 0 fully saturated rings. The molecular weight excluding hydrogens is 180 g/mol. The Labute approximate surface area is 81.7 Å². The second kappa shape index (κ2) is 2.94. The zero-order valence-corrected chi connectivity index (χ0v) is 8.24. The van der Waals surface area contributed by atoms with E-state index in [2.05, 4.69) is 9.98 Å². The van der Waals surface area contributed by atoms with E-state index >= 15 is 0 Å². The van der Waals surface area contributed by atoms with Gasteiger partial charge < -0.3 is 10.3 Å². The summed E-state index contributed by atoms with van der Waals surface area (Å²) in [5.41, 5.74) is 7.67. The maximum Gasteiger partial charge on any atom is 0.264 e. The molecule has 0 saturated carbocycles. The van der Waals surface area contributed by atoms with Gasteiger partial charge in [-0.2, -0.15) is 0 Å². The lowest BCUT2D eigenvalue weighted by atomic mass is 10.3. The van der Waals surface area contributed by atoms with Crippen LogP contribution in [0.15, 0.2) is 4.99 Å². The number of rotatable bonds is 1. The summed E-state index contributed by atoms with van der Waals surface area (Å²) in [6.45, 7) is 4.84. The highest BCUT2D eigenvalue weighted by Gasteiger charge is 2.19. The monoisotopic (exact) mass is 192 g/mol. The number of hydrogen-bond acceptors (Lipinski definition) is 3. The van der Waals surface area contributed by atoms with Crippen LogP contribution >= 0.6 is 0 Å². The van der Waals surface area contributed by atoms with Crippen LogP contribution < -0.4 is 5.73 Å². The fourth-order valence-electron chi connectivity index (χ4n) is 1.58. The molecule has 5 heteroatoms. The smallest absolute Gasteiger partial charge is 0.264 e. The number of fused-ring (bicyclic) bond motifs is 1. The van der Waals surface area contributed by atoms with Gasteiger partial charge in [0.1, 0.15) is 11.5 Å². The number of amides is 1. The predicted octanol–water partition coefficient (Wildman–Crippen LogP) is -0.0602. The number of primary amides is 1. The van der Waals surface area contributed by atoms with E-state index in [0.29, 0.717) is 18.8 Å². The fraction of sp³-hybridized carbons (Fsp3) is 0.444. The molecule has 1 aliphatic rings. The zero-order chi connectivity index (χ0) is 10.3. The van der Waals surface area contributed by atoms with Gasteiger partial charge >= 0.3 is 0 Å². The van der Waals surface area contributed by atoms with E-state index < -0.39 is 5.91 Å². The Morgan fingerprint density at radius 2 is 2.21 bits per heavy atom. The van der Waals surface area contributed by atoms with Crippen LogP contribution in [-0.2, 0) is 17.9 Å². The number of aryl methyl sites for hydroxylation is 1. The van der Waals surface area contributed by atoms with E-state index in [1.54, 1.807) is 0 Å². The normalized spacial score (nSPS) is 14.9. The Hall–Kier alpha value is -1.65. The van der Waals surface area contributed by atoms with Crippen LogP contribution in [0.5, 0.6) is 0 Å². The molecule has 1 aromatic heterocycles. The first-order chi connectivity index (χ1) is 6.59. The Morgan fingerprint density at radius 1 is 1.50 bits per heavy atom. The molecule has 2 N–H and O–H groups in total. The third-order valence-corrected chi connectivity index (χ3v) is 2.54. The maximum atomic E-state index is 10.9. The molecular formula is C9H12N4O. The van der Waals surface area contributed by atoms with Gasteiger partial charge in [-0.05, 0) is 13.8 Å². The van der Waals surface area contributed by atoms with Crippen LogP contribution in [0.1, 0.15) is 17.2 Å². The number of imidazole rings is 1. The largest absolute Gasteiger partial charge is 0.365 e. The van der Waals surface area contributed by atoms with Gasteiger partial charge in [-0.15, -0.1) is 0 Å². The summed E-state index contributed by atoms with van der Waals surface area (Å²) in [4.78, 5) is 19.4. The molecule has 0 unspecified atom stereocenters. The zero-order valence-electron chi connectivity index (χ0n) is 8.24. The number of aromatic nitrogens is 2. The molecule has 2 rings (SSSR count). The average molecular weight is 192 g/mol. The molecule has 0 bridgehead atoms. The van der Waals surface area contributed by atoms with Crippen molar-refractivity contribution in [1.82, 2.24) is 9.55 Å². The molecule has 1 amide bonds. The van der Waals surface area contributed by atoms with Crippen molar-refractivity contribution in [2.24, 2.45) is 10.7 Å². The van der Waals surface area contributed by atoms with Crippen LogP contribution in [-0.4, -0.2) is 21.2 Å². The standard InChI is InChI=1S/C9H12N4O/c1-5-6(2)13-4-7(9(10)14)11-3-8(13)12-5/h3-4H2,1-2H3,(H2,10,14). The summed E-state index contributed by atoms with van der Waals surface area (Å²) in [5, 5.41) is 0.